The van der Waals surface area contributed by atoms with Gasteiger partial charge in [-0.05, 0) is 12.5 Å². The molecule has 0 amide bonds. The number of aromatic nitrogens is 2. The lowest BCUT2D eigenvalue weighted by Gasteiger charge is -2.05. The van der Waals surface area contributed by atoms with Crippen molar-refractivity contribution >= 4 is 11.6 Å². The van der Waals surface area contributed by atoms with Gasteiger partial charge in [-0.1, -0.05) is 41.9 Å². The molecule has 3 nitrogen and oxygen atoms in total. The summed E-state index contributed by atoms with van der Waals surface area (Å²) < 4.78 is 5.47. The minimum absolute atomic E-state index is 0.380. The van der Waals surface area contributed by atoms with Crippen molar-refractivity contribution in [3.63, 3.8) is 0 Å². The van der Waals surface area contributed by atoms with Crippen LogP contribution in [0.5, 0.6) is 5.88 Å². The van der Waals surface area contributed by atoms with Crippen LogP contribution in [0.3, 0.4) is 0 Å². The van der Waals surface area contributed by atoms with Crippen molar-refractivity contribution in [2.75, 3.05) is 0 Å². The number of rotatable bonds is 3. The molecule has 2 aromatic rings. The van der Waals surface area contributed by atoms with Crippen LogP contribution in [0.4, 0.5) is 0 Å². The number of nitrogens with zero attached hydrogens (tertiary/aromatic N) is 2. The monoisotopic (exact) mass is 234 g/mol. The first kappa shape index (κ1) is 10.9. The molecule has 1 aromatic heterocycles. The number of benzene rings is 1. The highest BCUT2D eigenvalue weighted by atomic mass is 35.5. The Morgan fingerprint density at radius 1 is 1.25 bits per heavy atom. The zero-order chi connectivity index (χ0) is 11.4. The molecule has 0 N–H and O–H groups in total. The van der Waals surface area contributed by atoms with Gasteiger partial charge < -0.3 is 4.74 Å². The maximum atomic E-state index is 5.84. The highest BCUT2D eigenvalue weighted by Gasteiger charge is 2.02. The van der Waals surface area contributed by atoms with Gasteiger partial charge in [0, 0.05) is 0 Å². The second-order valence-electron chi connectivity index (χ2n) is 3.36. The number of halogens is 1. The normalized spacial score (nSPS) is 10.1. The molecule has 0 spiro atoms. The smallest absolute Gasteiger partial charge is 0.234 e. The Morgan fingerprint density at radius 3 is 2.69 bits per heavy atom. The largest absolute Gasteiger partial charge is 0.472 e. The first-order valence-electron chi connectivity index (χ1n) is 4.91. The standard InChI is InChI=1S/C12H11ClN2O/c1-9-12(13)15-11(7-14-9)16-8-10-5-3-2-4-6-10/h2-7H,8H2,1H3. The van der Waals surface area contributed by atoms with E-state index in [1.807, 2.05) is 30.3 Å². The van der Waals surface area contributed by atoms with E-state index in [2.05, 4.69) is 9.97 Å². The van der Waals surface area contributed by atoms with Gasteiger partial charge >= 0.3 is 0 Å². The van der Waals surface area contributed by atoms with E-state index in [0.29, 0.717) is 23.3 Å². The molecule has 0 bridgehead atoms. The molecular weight excluding hydrogens is 224 g/mol. The van der Waals surface area contributed by atoms with Gasteiger partial charge in [-0.2, -0.15) is 4.98 Å². The van der Waals surface area contributed by atoms with Crippen LogP contribution in [0.1, 0.15) is 11.3 Å². The first-order valence-corrected chi connectivity index (χ1v) is 5.29. The Labute approximate surface area is 99.1 Å². The summed E-state index contributed by atoms with van der Waals surface area (Å²) in [5.41, 5.74) is 1.79. The van der Waals surface area contributed by atoms with Gasteiger partial charge in [-0.3, -0.25) is 4.98 Å². The van der Waals surface area contributed by atoms with Crippen molar-refractivity contribution < 1.29 is 4.74 Å². The molecule has 82 valence electrons. The molecule has 0 unspecified atom stereocenters. The quantitative estimate of drug-likeness (QED) is 0.819. The summed E-state index contributed by atoms with van der Waals surface area (Å²) in [7, 11) is 0. The van der Waals surface area contributed by atoms with E-state index >= 15 is 0 Å². The molecule has 0 atom stereocenters. The van der Waals surface area contributed by atoms with Crippen LogP contribution in [0.25, 0.3) is 0 Å². The van der Waals surface area contributed by atoms with E-state index < -0.39 is 0 Å². The topological polar surface area (TPSA) is 35.0 Å². The number of hydrogen-bond acceptors (Lipinski definition) is 3. The predicted octanol–water partition coefficient (Wildman–Crippen LogP) is 3.02. The van der Waals surface area contributed by atoms with Crippen LogP contribution < -0.4 is 4.74 Å². The van der Waals surface area contributed by atoms with E-state index in [1.54, 1.807) is 13.1 Å². The van der Waals surface area contributed by atoms with Crippen molar-refractivity contribution in [3.05, 3.63) is 52.9 Å². The van der Waals surface area contributed by atoms with Gasteiger partial charge in [0.05, 0.1) is 11.9 Å². The molecule has 1 heterocycles. The fraction of sp³-hybridized carbons (Fsp3) is 0.167. The number of hydrogen-bond donors (Lipinski definition) is 0. The summed E-state index contributed by atoms with van der Waals surface area (Å²) in [5, 5.41) is 0.380. The summed E-state index contributed by atoms with van der Waals surface area (Å²) in [6.07, 6.45) is 1.57. The lowest BCUT2D eigenvalue weighted by atomic mass is 10.2. The van der Waals surface area contributed by atoms with Gasteiger partial charge in [0.25, 0.3) is 0 Å². The van der Waals surface area contributed by atoms with Crippen LogP contribution in [0, 0.1) is 6.92 Å². The van der Waals surface area contributed by atoms with Gasteiger partial charge in [-0.15, -0.1) is 0 Å². The molecule has 0 aliphatic carbocycles. The van der Waals surface area contributed by atoms with Gasteiger partial charge in [-0.25, -0.2) is 0 Å². The molecule has 0 radical (unpaired) electrons. The minimum atomic E-state index is 0.380. The Hall–Kier alpha value is -1.61. The lowest BCUT2D eigenvalue weighted by Crippen LogP contribution is -1.98. The molecule has 0 saturated carbocycles. The molecule has 0 saturated heterocycles. The van der Waals surface area contributed by atoms with Gasteiger partial charge in [0.2, 0.25) is 5.88 Å². The molecule has 4 heteroatoms. The van der Waals surface area contributed by atoms with Crippen LogP contribution in [0.15, 0.2) is 36.5 Å². The molecule has 0 aliphatic rings. The third-order valence-corrected chi connectivity index (χ3v) is 2.46. The van der Waals surface area contributed by atoms with E-state index in [9.17, 15) is 0 Å². The van der Waals surface area contributed by atoms with E-state index in [0.717, 1.165) is 5.56 Å². The summed E-state index contributed by atoms with van der Waals surface area (Å²) >= 11 is 5.84. The maximum absolute atomic E-state index is 5.84. The van der Waals surface area contributed by atoms with Crippen LogP contribution in [0.2, 0.25) is 5.15 Å². The summed E-state index contributed by atoms with van der Waals surface area (Å²) in [4.78, 5) is 8.14. The second-order valence-corrected chi connectivity index (χ2v) is 3.72. The number of aryl methyl sites for hydroxylation is 1. The molecule has 16 heavy (non-hydrogen) atoms. The summed E-state index contributed by atoms with van der Waals surface area (Å²) in [5.74, 6) is 0.444. The van der Waals surface area contributed by atoms with Gasteiger partial charge in [0.15, 0.2) is 5.15 Å². The zero-order valence-corrected chi connectivity index (χ0v) is 9.61. The van der Waals surface area contributed by atoms with Crippen molar-refractivity contribution in [3.8, 4) is 5.88 Å². The maximum Gasteiger partial charge on any atom is 0.234 e. The molecular formula is C12H11ClN2O. The Balaban J connectivity index is 2.03. The third kappa shape index (κ3) is 2.70. The SMILES string of the molecule is Cc1ncc(OCc2ccccc2)nc1Cl. The third-order valence-electron chi connectivity index (χ3n) is 2.11. The second kappa shape index (κ2) is 4.94. The van der Waals surface area contributed by atoms with E-state index in [4.69, 9.17) is 16.3 Å². The predicted molar refractivity (Wildman–Crippen MR) is 62.6 cm³/mol. The molecule has 2 rings (SSSR count). The molecule has 0 fully saturated rings. The van der Waals surface area contributed by atoms with Crippen molar-refractivity contribution in [2.24, 2.45) is 0 Å². The average Bonchev–Trinajstić information content (AvgIpc) is 2.32. The Morgan fingerprint density at radius 2 is 2.00 bits per heavy atom. The molecule has 0 aliphatic heterocycles. The first-order chi connectivity index (χ1) is 7.75. The Kier molecular flexibility index (Phi) is 3.37. The zero-order valence-electron chi connectivity index (χ0n) is 8.85. The van der Waals surface area contributed by atoms with Gasteiger partial charge in [0.1, 0.15) is 6.61 Å². The van der Waals surface area contributed by atoms with Crippen molar-refractivity contribution in [1.82, 2.24) is 9.97 Å². The molecule has 1 aromatic carbocycles. The highest BCUT2D eigenvalue weighted by Crippen LogP contribution is 2.14. The fourth-order valence-corrected chi connectivity index (χ4v) is 1.34. The van der Waals surface area contributed by atoms with Crippen LogP contribution in [-0.2, 0) is 6.61 Å². The van der Waals surface area contributed by atoms with E-state index in [-0.39, 0.29) is 0 Å². The average molecular weight is 235 g/mol. The fourth-order valence-electron chi connectivity index (χ4n) is 1.21. The Bertz CT molecular complexity index is 474. The minimum Gasteiger partial charge on any atom is -0.472 e. The van der Waals surface area contributed by atoms with Crippen LogP contribution >= 0.6 is 11.6 Å². The van der Waals surface area contributed by atoms with Crippen LogP contribution in [-0.4, -0.2) is 9.97 Å². The summed E-state index contributed by atoms with van der Waals surface area (Å²) in [6, 6.07) is 9.87. The van der Waals surface area contributed by atoms with Crippen molar-refractivity contribution in [2.45, 2.75) is 13.5 Å². The van der Waals surface area contributed by atoms with Crippen molar-refractivity contribution in [1.29, 1.82) is 0 Å². The van der Waals surface area contributed by atoms with E-state index in [1.165, 1.54) is 0 Å². The highest BCUT2D eigenvalue weighted by molar-refractivity contribution is 6.30. The lowest BCUT2D eigenvalue weighted by molar-refractivity contribution is 0.292. The number of ether oxygens (including phenoxy) is 1. The summed E-state index contributed by atoms with van der Waals surface area (Å²) in [6.45, 7) is 2.27.